The average molecular weight is 280 g/mol. The van der Waals surface area contributed by atoms with Crippen molar-refractivity contribution in [2.45, 2.75) is 39.7 Å². The maximum Gasteiger partial charge on any atom is 0.122 e. The molecule has 0 aliphatic rings. The molecular formula is C16H28N2O2. The molecule has 3 N–H and O–H groups in total. The number of hydrogen-bond acceptors (Lipinski definition) is 4. The van der Waals surface area contributed by atoms with Crippen LogP contribution in [0, 0.1) is 0 Å². The highest BCUT2D eigenvalue weighted by Crippen LogP contribution is 2.29. The van der Waals surface area contributed by atoms with Gasteiger partial charge in [0, 0.05) is 36.4 Å². The van der Waals surface area contributed by atoms with E-state index in [9.17, 15) is 5.11 Å². The molecule has 0 fully saturated rings. The lowest BCUT2D eigenvalue weighted by Crippen LogP contribution is -2.27. The Hall–Kier alpha value is -1.26. The van der Waals surface area contributed by atoms with E-state index in [0.717, 1.165) is 37.2 Å². The number of aliphatic hydroxyl groups excluding tert-OH is 1. The van der Waals surface area contributed by atoms with E-state index in [-0.39, 0.29) is 12.6 Å². The SMILES string of the molecule is CCCCN(CCO)c1ccc(C(C)NCC)c(O)c1. The zero-order valence-electron chi connectivity index (χ0n) is 12.9. The smallest absolute Gasteiger partial charge is 0.122 e. The lowest BCUT2D eigenvalue weighted by Gasteiger charge is -2.25. The van der Waals surface area contributed by atoms with Gasteiger partial charge in [-0.05, 0) is 26.0 Å². The van der Waals surface area contributed by atoms with E-state index in [1.54, 1.807) is 6.07 Å². The van der Waals surface area contributed by atoms with Gasteiger partial charge in [-0.3, -0.25) is 0 Å². The van der Waals surface area contributed by atoms with Gasteiger partial charge < -0.3 is 20.4 Å². The fraction of sp³-hybridized carbons (Fsp3) is 0.625. The second kappa shape index (κ2) is 8.82. The van der Waals surface area contributed by atoms with Crippen LogP contribution in [0.25, 0.3) is 0 Å². The van der Waals surface area contributed by atoms with Crippen molar-refractivity contribution in [3.63, 3.8) is 0 Å². The van der Waals surface area contributed by atoms with Crippen molar-refractivity contribution >= 4 is 5.69 Å². The molecule has 0 aromatic heterocycles. The summed E-state index contributed by atoms with van der Waals surface area (Å²) >= 11 is 0. The third-order valence-electron chi connectivity index (χ3n) is 3.51. The van der Waals surface area contributed by atoms with Crippen molar-refractivity contribution < 1.29 is 10.2 Å². The standard InChI is InChI=1S/C16H28N2O2/c1-4-6-9-18(10-11-19)14-7-8-15(16(20)12-14)13(3)17-5-2/h7-8,12-13,17,19-20H,4-6,9-11H2,1-3H3. The normalized spacial score (nSPS) is 12.4. The van der Waals surface area contributed by atoms with Gasteiger partial charge in [-0.2, -0.15) is 0 Å². The highest BCUT2D eigenvalue weighted by atomic mass is 16.3. The van der Waals surface area contributed by atoms with Crippen molar-refractivity contribution in [2.75, 3.05) is 31.1 Å². The van der Waals surface area contributed by atoms with Crippen molar-refractivity contribution in [1.82, 2.24) is 5.32 Å². The molecule has 4 heteroatoms. The van der Waals surface area contributed by atoms with Crippen LogP contribution in [-0.2, 0) is 0 Å². The summed E-state index contributed by atoms with van der Waals surface area (Å²) in [5.74, 6) is 0.315. The molecule has 0 amide bonds. The molecular weight excluding hydrogens is 252 g/mol. The van der Waals surface area contributed by atoms with Crippen molar-refractivity contribution in [3.05, 3.63) is 23.8 Å². The van der Waals surface area contributed by atoms with Crippen molar-refractivity contribution in [3.8, 4) is 5.75 Å². The van der Waals surface area contributed by atoms with Crippen LogP contribution in [-0.4, -0.2) is 36.5 Å². The molecule has 0 radical (unpaired) electrons. The number of nitrogens with zero attached hydrogens (tertiary/aromatic N) is 1. The Labute approximate surface area is 122 Å². The van der Waals surface area contributed by atoms with E-state index in [2.05, 4.69) is 24.1 Å². The summed E-state index contributed by atoms with van der Waals surface area (Å²) in [5, 5.41) is 22.7. The van der Waals surface area contributed by atoms with Crippen LogP contribution < -0.4 is 10.2 Å². The summed E-state index contributed by atoms with van der Waals surface area (Å²) in [6, 6.07) is 5.92. The molecule has 1 atom stereocenters. The minimum absolute atomic E-state index is 0.125. The van der Waals surface area contributed by atoms with Crippen molar-refractivity contribution in [1.29, 1.82) is 0 Å². The number of phenols is 1. The lowest BCUT2D eigenvalue weighted by atomic mass is 10.1. The fourth-order valence-electron chi connectivity index (χ4n) is 2.35. The number of aliphatic hydroxyl groups is 1. The first-order valence-electron chi connectivity index (χ1n) is 7.56. The monoisotopic (exact) mass is 280 g/mol. The molecule has 0 aliphatic heterocycles. The molecule has 20 heavy (non-hydrogen) atoms. The molecule has 0 heterocycles. The zero-order chi connectivity index (χ0) is 15.0. The second-order valence-corrected chi connectivity index (χ2v) is 5.09. The van der Waals surface area contributed by atoms with Crippen LogP contribution in [0.5, 0.6) is 5.75 Å². The topological polar surface area (TPSA) is 55.7 Å². The van der Waals surface area contributed by atoms with E-state index < -0.39 is 0 Å². The summed E-state index contributed by atoms with van der Waals surface area (Å²) in [5.41, 5.74) is 1.88. The predicted molar refractivity (Wildman–Crippen MR) is 84.4 cm³/mol. The second-order valence-electron chi connectivity index (χ2n) is 5.09. The molecule has 1 aromatic rings. The van der Waals surface area contributed by atoms with Gasteiger partial charge in [-0.15, -0.1) is 0 Å². The zero-order valence-corrected chi connectivity index (χ0v) is 12.9. The maximum atomic E-state index is 10.2. The summed E-state index contributed by atoms with van der Waals surface area (Å²) in [6.45, 7) is 8.74. The molecule has 4 nitrogen and oxygen atoms in total. The molecule has 1 unspecified atom stereocenters. The van der Waals surface area contributed by atoms with Gasteiger partial charge in [-0.25, -0.2) is 0 Å². The lowest BCUT2D eigenvalue weighted by molar-refractivity contribution is 0.301. The Balaban J connectivity index is 2.87. The van der Waals surface area contributed by atoms with Crippen LogP contribution >= 0.6 is 0 Å². The van der Waals surface area contributed by atoms with Crippen LogP contribution in [0.15, 0.2) is 18.2 Å². The number of rotatable bonds is 9. The first-order chi connectivity index (χ1) is 9.63. The minimum atomic E-state index is 0.125. The predicted octanol–water partition coefficient (Wildman–Crippen LogP) is 2.66. The van der Waals surface area contributed by atoms with Gasteiger partial charge in [-0.1, -0.05) is 26.3 Å². The summed E-state index contributed by atoms with van der Waals surface area (Å²) in [6.07, 6.45) is 2.19. The number of aromatic hydroxyl groups is 1. The van der Waals surface area contributed by atoms with Gasteiger partial charge >= 0.3 is 0 Å². The molecule has 0 saturated heterocycles. The third kappa shape index (κ3) is 4.69. The molecule has 114 valence electrons. The van der Waals surface area contributed by atoms with E-state index in [1.807, 2.05) is 19.1 Å². The number of hydrogen-bond donors (Lipinski definition) is 3. The Bertz CT molecular complexity index is 396. The Morgan fingerprint density at radius 2 is 2.00 bits per heavy atom. The maximum absolute atomic E-state index is 10.2. The van der Waals surface area contributed by atoms with E-state index in [0.29, 0.717) is 12.3 Å². The van der Waals surface area contributed by atoms with E-state index in [4.69, 9.17) is 5.11 Å². The molecule has 1 rings (SSSR count). The van der Waals surface area contributed by atoms with Crippen LogP contribution in [0.3, 0.4) is 0 Å². The van der Waals surface area contributed by atoms with Crippen LogP contribution in [0.1, 0.15) is 45.2 Å². The first-order valence-corrected chi connectivity index (χ1v) is 7.56. The van der Waals surface area contributed by atoms with Gasteiger partial charge in [0.15, 0.2) is 0 Å². The number of unbranched alkanes of at least 4 members (excludes halogenated alkanes) is 1. The van der Waals surface area contributed by atoms with Crippen molar-refractivity contribution in [2.24, 2.45) is 0 Å². The van der Waals surface area contributed by atoms with E-state index >= 15 is 0 Å². The summed E-state index contributed by atoms with van der Waals surface area (Å²) < 4.78 is 0. The number of benzene rings is 1. The number of anilines is 1. The Kier molecular flexibility index (Phi) is 7.41. The minimum Gasteiger partial charge on any atom is -0.508 e. The van der Waals surface area contributed by atoms with Gasteiger partial charge in [0.1, 0.15) is 5.75 Å². The molecule has 0 bridgehead atoms. The molecule has 0 aliphatic carbocycles. The fourth-order valence-corrected chi connectivity index (χ4v) is 2.35. The average Bonchev–Trinajstić information content (AvgIpc) is 2.43. The third-order valence-corrected chi connectivity index (χ3v) is 3.51. The van der Waals surface area contributed by atoms with Gasteiger partial charge in [0.05, 0.1) is 6.61 Å². The summed E-state index contributed by atoms with van der Waals surface area (Å²) in [7, 11) is 0. The van der Waals surface area contributed by atoms with Crippen LogP contribution in [0.2, 0.25) is 0 Å². The largest absolute Gasteiger partial charge is 0.508 e. The highest BCUT2D eigenvalue weighted by Gasteiger charge is 2.12. The Morgan fingerprint density at radius 3 is 2.55 bits per heavy atom. The molecule has 1 aromatic carbocycles. The molecule has 0 spiro atoms. The van der Waals surface area contributed by atoms with Gasteiger partial charge in [0.25, 0.3) is 0 Å². The van der Waals surface area contributed by atoms with Gasteiger partial charge in [0.2, 0.25) is 0 Å². The number of phenolic OH excluding ortho intramolecular Hbond substituents is 1. The Morgan fingerprint density at radius 1 is 1.25 bits per heavy atom. The molecule has 0 saturated carbocycles. The van der Waals surface area contributed by atoms with E-state index in [1.165, 1.54) is 0 Å². The number of nitrogens with one attached hydrogen (secondary N) is 1. The highest BCUT2D eigenvalue weighted by molar-refractivity contribution is 5.54. The quantitative estimate of drug-likeness (QED) is 0.651. The summed E-state index contributed by atoms with van der Waals surface area (Å²) in [4.78, 5) is 2.12. The first kappa shape index (κ1) is 16.8. The van der Waals surface area contributed by atoms with Crippen LogP contribution in [0.4, 0.5) is 5.69 Å².